The topological polar surface area (TPSA) is 37.8 Å². The van der Waals surface area contributed by atoms with Crippen molar-refractivity contribution in [3.05, 3.63) is 95.2 Å². The van der Waals surface area contributed by atoms with Gasteiger partial charge in [-0.15, -0.1) is 0 Å². The summed E-state index contributed by atoms with van der Waals surface area (Å²) in [6.45, 7) is 0. The molecule has 2 heterocycles. The molecule has 0 saturated heterocycles. The van der Waals surface area contributed by atoms with E-state index < -0.39 is 0 Å². The molecule has 1 N–H and O–H groups in total. The van der Waals surface area contributed by atoms with Crippen molar-refractivity contribution in [1.29, 1.82) is 0 Å². The molecule has 4 heteroatoms. The lowest BCUT2D eigenvalue weighted by molar-refractivity contribution is 0.630. The third-order valence-electron chi connectivity index (χ3n) is 5.28. The molecule has 0 saturated carbocycles. The van der Waals surface area contributed by atoms with Gasteiger partial charge in [-0.3, -0.25) is 4.79 Å². The van der Waals surface area contributed by atoms with E-state index in [0.29, 0.717) is 16.5 Å². The Morgan fingerprint density at radius 2 is 1.61 bits per heavy atom. The van der Waals surface area contributed by atoms with Crippen LogP contribution in [0.1, 0.15) is 0 Å². The fourth-order valence-corrected chi connectivity index (χ4v) is 3.95. The molecule has 3 nitrogen and oxygen atoms in total. The van der Waals surface area contributed by atoms with Crippen molar-refractivity contribution in [2.45, 2.75) is 0 Å². The lowest BCUT2D eigenvalue weighted by Crippen LogP contribution is -2.20. The second kappa shape index (κ2) is 6.20. The number of rotatable bonds is 2. The number of aryl methyl sites for hydroxylation is 1. The van der Waals surface area contributed by atoms with E-state index in [1.54, 1.807) is 23.9 Å². The van der Waals surface area contributed by atoms with Gasteiger partial charge in [0.05, 0.1) is 11.1 Å². The van der Waals surface area contributed by atoms with Gasteiger partial charge < -0.3 is 9.55 Å². The highest BCUT2D eigenvalue weighted by atomic mass is 19.1. The molecule has 0 bridgehead atoms. The number of aromatic nitrogens is 2. The molecule has 0 aliphatic heterocycles. The van der Waals surface area contributed by atoms with Crippen molar-refractivity contribution in [2.24, 2.45) is 7.05 Å². The molecule has 0 aliphatic carbocycles. The first-order chi connectivity index (χ1) is 13.6. The van der Waals surface area contributed by atoms with E-state index in [1.165, 1.54) is 12.1 Å². The molecule has 0 atom stereocenters. The minimum Gasteiger partial charge on any atom is -0.361 e. The van der Waals surface area contributed by atoms with E-state index in [1.807, 2.05) is 54.6 Å². The van der Waals surface area contributed by atoms with Crippen LogP contribution < -0.4 is 5.56 Å². The van der Waals surface area contributed by atoms with E-state index in [2.05, 4.69) is 4.98 Å². The van der Waals surface area contributed by atoms with Crippen LogP contribution in [0.15, 0.2) is 83.8 Å². The molecule has 0 spiro atoms. The molecule has 0 radical (unpaired) electrons. The Hall–Kier alpha value is -3.66. The van der Waals surface area contributed by atoms with Gasteiger partial charge in [0, 0.05) is 40.7 Å². The Kier molecular flexibility index (Phi) is 3.66. The maximum atomic E-state index is 14.0. The van der Waals surface area contributed by atoms with Crippen LogP contribution in [-0.2, 0) is 7.05 Å². The summed E-state index contributed by atoms with van der Waals surface area (Å²) in [7, 11) is 1.78. The number of halogens is 1. The predicted octanol–water partition coefficient (Wildman–Crippen LogP) is 5.49. The van der Waals surface area contributed by atoms with Crippen molar-refractivity contribution < 1.29 is 4.39 Å². The molecule has 0 unspecified atom stereocenters. The number of pyridine rings is 1. The second-order valence-electron chi connectivity index (χ2n) is 6.89. The number of hydrogen-bond donors (Lipinski definition) is 1. The summed E-state index contributed by atoms with van der Waals surface area (Å²) in [5.74, 6) is -0.327. The van der Waals surface area contributed by atoms with Gasteiger partial charge in [-0.05, 0) is 29.8 Å². The number of fused-ring (bicyclic) bond motifs is 2. The number of H-pyrrole nitrogens is 1. The van der Waals surface area contributed by atoms with E-state index >= 15 is 0 Å². The SMILES string of the molecule is Cn1c(=O)c(-c2c[nH]c3ccc(F)cc23)c(-c2ccccc2)c2ccccc21. The Morgan fingerprint density at radius 1 is 0.857 bits per heavy atom. The fraction of sp³-hybridized carbons (Fsp3) is 0.0417. The Morgan fingerprint density at radius 3 is 2.43 bits per heavy atom. The molecule has 28 heavy (non-hydrogen) atoms. The lowest BCUT2D eigenvalue weighted by Gasteiger charge is -2.16. The zero-order valence-electron chi connectivity index (χ0n) is 15.2. The summed E-state index contributed by atoms with van der Waals surface area (Å²) < 4.78 is 15.6. The summed E-state index contributed by atoms with van der Waals surface area (Å²) in [6, 6.07) is 22.3. The zero-order chi connectivity index (χ0) is 19.3. The summed E-state index contributed by atoms with van der Waals surface area (Å²) in [6.07, 6.45) is 1.79. The number of benzene rings is 3. The monoisotopic (exact) mass is 368 g/mol. The van der Waals surface area contributed by atoms with Crippen LogP contribution in [0.3, 0.4) is 0 Å². The highest BCUT2D eigenvalue weighted by Crippen LogP contribution is 2.38. The zero-order valence-corrected chi connectivity index (χ0v) is 15.2. The predicted molar refractivity (Wildman–Crippen MR) is 112 cm³/mol. The van der Waals surface area contributed by atoms with Gasteiger partial charge in [0.2, 0.25) is 0 Å². The van der Waals surface area contributed by atoms with Crippen molar-refractivity contribution in [3.8, 4) is 22.3 Å². The average molecular weight is 368 g/mol. The number of nitrogens with one attached hydrogen (secondary N) is 1. The van der Waals surface area contributed by atoms with Gasteiger partial charge in [-0.2, -0.15) is 0 Å². The van der Waals surface area contributed by atoms with Crippen LogP contribution in [0.2, 0.25) is 0 Å². The van der Waals surface area contributed by atoms with Gasteiger partial charge in [0.15, 0.2) is 0 Å². The van der Waals surface area contributed by atoms with Gasteiger partial charge >= 0.3 is 0 Å². The minimum atomic E-state index is -0.327. The molecule has 0 fully saturated rings. The maximum Gasteiger partial charge on any atom is 0.259 e. The Bertz CT molecular complexity index is 1400. The molecule has 5 rings (SSSR count). The minimum absolute atomic E-state index is 0.109. The van der Waals surface area contributed by atoms with Crippen molar-refractivity contribution in [1.82, 2.24) is 9.55 Å². The summed E-state index contributed by atoms with van der Waals surface area (Å²) in [4.78, 5) is 16.6. The van der Waals surface area contributed by atoms with E-state index in [-0.39, 0.29) is 11.4 Å². The van der Waals surface area contributed by atoms with Gasteiger partial charge in [0.1, 0.15) is 5.82 Å². The average Bonchev–Trinajstić information content (AvgIpc) is 3.14. The van der Waals surface area contributed by atoms with Crippen molar-refractivity contribution >= 4 is 21.8 Å². The number of para-hydroxylation sites is 1. The first-order valence-corrected chi connectivity index (χ1v) is 9.09. The fourth-order valence-electron chi connectivity index (χ4n) is 3.95. The van der Waals surface area contributed by atoms with Crippen LogP contribution in [0.25, 0.3) is 44.1 Å². The largest absolute Gasteiger partial charge is 0.361 e. The number of aromatic amines is 1. The van der Waals surface area contributed by atoms with Gasteiger partial charge in [-0.25, -0.2) is 4.39 Å². The maximum absolute atomic E-state index is 14.0. The van der Waals surface area contributed by atoms with E-state index in [4.69, 9.17) is 0 Å². The smallest absolute Gasteiger partial charge is 0.259 e. The standard InChI is InChI=1S/C24H17FN2O/c1-27-21-10-6-5-9-17(21)22(15-7-3-2-4-8-15)23(24(27)28)19-14-26-20-12-11-16(25)13-18(19)20/h2-14,26H,1H3. The second-order valence-corrected chi connectivity index (χ2v) is 6.89. The Labute approximate surface area is 160 Å². The molecular formula is C24H17FN2O. The molecule has 2 aromatic heterocycles. The van der Waals surface area contributed by atoms with Gasteiger partial charge in [0.25, 0.3) is 5.56 Å². The lowest BCUT2D eigenvalue weighted by atomic mass is 9.92. The molecule has 5 aromatic rings. The van der Waals surface area contributed by atoms with E-state index in [9.17, 15) is 9.18 Å². The molecule has 0 amide bonds. The third kappa shape index (κ3) is 2.38. The Balaban J connectivity index is 2.00. The number of nitrogens with zero attached hydrogens (tertiary/aromatic N) is 1. The molecule has 136 valence electrons. The summed E-state index contributed by atoms with van der Waals surface area (Å²) >= 11 is 0. The normalized spacial score (nSPS) is 11.4. The first kappa shape index (κ1) is 16.5. The van der Waals surface area contributed by atoms with Crippen LogP contribution in [0.4, 0.5) is 4.39 Å². The van der Waals surface area contributed by atoms with Crippen LogP contribution >= 0.6 is 0 Å². The highest BCUT2D eigenvalue weighted by Gasteiger charge is 2.20. The van der Waals surface area contributed by atoms with Gasteiger partial charge in [-0.1, -0.05) is 48.5 Å². The van der Waals surface area contributed by atoms with E-state index in [0.717, 1.165) is 27.5 Å². The summed E-state index contributed by atoms with van der Waals surface area (Å²) in [5.41, 5.74) is 4.65. The quantitative estimate of drug-likeness (QED) is 0.439. The first-order valence-electron chi connectivity index (χ1n) is 9.09. The molecular weight excluding hydrogens is 351 g/mol. The van der Waals surface area contributed by atoms with Crippen LogP contribution in [-0.4, -0.2) is 9.55 Å². The van der Waals surface area contributed by atoms with Crippen molar-refractivity contribution in [2.75, 3.05) is 0 Å². The molecule has 3 aromatic carbocycles. The van der Waals surface area contributed by atoms with Crippen LogP contribution in [0.5, 0.6) is 0 Å². The van der Waals surface area contributed by atoms with Crippen molar-refractivity contribution in [3.63, 3.8) is 0 Å². The summed E-state index contributed by atoms with van der Waals surface area (Å²) in [5, 5.41) is 1.68. The highest BCUT2D eigenvalue weighted by molar-refractivity contribution is 6.07. The van der Waals surface area contributed by atoms with Crippen LogP contribution in [0, 0.1) is 5.82 Å². The molecule has 0 aliphatic rings. The number of hydrogen-bond acceptors (Lipinski definition) is 1. The third-order valence-corrected chi connectivity index (χ3v) is 5.28.